The number of hydrogen-bond donors (Lipinski definition) is 2. The number of ether oxygens (including phenoxy) is 1. The second-order valence-electron chi connectivity index (χ2n) is 5.92. The molecule has 0 bridgehead atoms. The van der Waals surface area contributed by atoms with Gasteiger partial charge in [0.15, 0.2) is 0 Å². The maximum absolute atomic E-state index is 12.0. The zero-order valence-electron chi connectivity index (χ0n) is 14.3. The zero-order chi connectivity index (χ0) is 17.5. The number of urea groups is 1. The maximum Gasteiger partial charge on any atom is 0.321 e. The Kier molecular flexibility index (Phi) is 6.21. The van der Waals surface area contributed by atoms with Gasteiger partial charge in [-0.3, -0.25) is 4.90 Å². The summed E-state index contributed by atoms with van der Waals surface area (Å²) in [5.41, 5.74) is 2.71. The van der Waals surface area contributed by atoms with Crippen molar-refractivity contribution in [1.82, 2.24) is 5.32 Å². The number of anilines is 1. The summed E-state index contributed by atoms with van der Waals surface area (Å²) in [6, 6.07) is 15.0. The van der Waals surface area contributed by atoms with Crippen molar-refractivity contribution in [1.29, 1.82) is 0 Å². The van der Waals surface area contributed by atoms with Crippen LogP contribution in [0.2, 0.25) is 0 Å². The molecule has 2 amide bonds. The average molecular weight is 328 g/mol. The fraction of sp³-hybridized carbons (Fsp3) is 0.316. The molecule has 2 aromatic rings. The van der Waals surface area contributed by atoms with E-state index in [9.17, 15) is 4.79 Å². The van der Waals surface area contributed by atoms with Crippen LogP contribution in [0.25, 0.3) is 0 Å². The normalized spacial score (nSPS) is 10.5. The van der Waals surface area contributed by atoms with E-state index in [0.29, 0.717) is 6.61 Å². The first-order valence-corrected chi connectivity index (χ1v) is 7.95. The van der Waals surface area contributed by atoms with E-state index in [2.05, 4.69) is 5.32 Å². The quantitative estimate of drug-likeness (QED) is 0.855. The molecule has 0 saturated carbocycles. The minimum atomic E-state index is -0.136. The second-order valence-corrected chi connectivity index (χ2v) is 5.92. The van der Waals surface area contributed by atoms with Crippen LogP contribution in [0.1, 0.15) is 25.0 Å². The molecule has 0 unspecified atom stereocenters. The van der Waals surface area contributed by atoms with Gasteiger partial charge in [0.1, 0.15) is 12.4 Å². The molecule has 0 atom stereocenters. The SMILES string of the molecule is CC(C)NC(=O)N(C)c1ccc(OCc2ccc(CO)cc2)cc1. The highest BCUT2D eigenvalue weighted by Gasteiger charge is 2.11. The number of amides is 2. The number of hydrogen-bond acceptors (Lipinski definition) is 3. The van der Waals surface area contributed by atoms with Gasteiger partial charge < -0.3 is 15.2 Å². The van der Waals surface area contributed by atoms with Crippen molar-refractivity contribution in [3.05, 3.63) is 59.7 Å². The monoisotopic (exact) mass is 328 g/mol. The lowest BCUT2D eigenvalue weighted by Gasteiger charge is -2.20. The number of carbonyl (C=O) groups is 1. The van der Waals surface area contributed by atoms with Crippen molar-refractivity contribution in [2.45, 2.75) is 33.1 Å². The Morgan fingerprint density at radius 3 is 2.21 bits per heavy atom. The molecular formula is C19H24N2O3. The molecule has 128 valence electrons. The number of carbonyl (C=O) groups excluding carboxylic acids is 1. The van der Waals surface area contributed by atoms with Gasteiger partial charge in [0.05, 0.1) is 6.61 Å². The summed E-state index contributed by atoms with van der Waals surface area (Å²) in [6.07, 6.45) is 0. The van der Waals surface area contributed by atoms with Gasteiger partial charge in [-0.25, -0.2) is 4.79 Å². The van der Waals surface area contributed by atoms with E-state index in [1.54, 1.807) is 11.9 Å². The Bertz CT molecular complexity index is 651. The standard InChI is InChI=1S/C19H24N2O3/c1-14(2)20-19(23)21(3)17-8-10-18(11-9-17)24-13-16-6-4-15(12-22)5-7-16/h4-11,14,22H,12-13H2,1-3H3,(H,20,23). The molecule has 0 fully saturated rings. The molecule has 2 rings (SSSR count). The zero-order valence-corrected chi connectivity index (χ0v) is 14.3. The first kappa shape index (κ1) is 17.8. The number of benzene rings is 2. The summed E-state index contributed by atoms with van der Waals surface area (Å²) in [6.45, 7) is 4.35. The molecule has 0 saturated heterocycles. The van der Waals surface area contributed by atoms with Crippen LogP contribution in [0.5, 0.6) is 5.75 Å². The van der Waals surface area contributed by atoms with E-state index in [1.165, 1.54) is 0 Å². The van der Waals surface area contributed by atoms with Crippen LogP contribution in [0, 0.1) is 0 Å². The molecule has 2 N–H and O–H groups in total. The molecule has 24 heavy (non-hydrogen) atoms. The Labute approximate surface area is 142 Å². The fourth-order valence-electron chi connectivity index (χ4n) is 2.13. The van der Waals surface area contributed by atoms with Gasteiger partial charge in [-0.05, 0) is 49.2 Å². The van der Waals surface area contributed by atoms with E-state index in [1.807, 2.05) is 62.4 Å². The van der Waals surface area contributed by atoms with Gasteiger partial charge in [-0.2, -0.15) is 0 Å². The minimum Gasteiger partial charge on any atom is -0.489 e. The van der Waals surface area contributed by atoms with Crippen LogP contribution in [-0.4, -0.2) is 24.2 Å². The van der Waals surface area contributed by atoms with Crippen LogP contribution in [0.15, 0.2) is 48.5 Å². The predicted octanol–water partition coefficient (Wildman–Crippen LogP) is 3.31. The van der Waals surface area contributed by atoms with Crippen molar-refractivity contribution in [3.8, 4) is 5.75 Å². The number of nitrogens with one attached hydrogen (secondary N) is 1. The number of aliphatic hydroxyl groups excluding tert-OH is 1. The van der Waals surface area contributed by atoms with Gasteiger partial charge >= 0.3 is 6.03 Å². The van der Waals surface area contributed by atoms with E-state index >= 15 is 0 Å². The maximum atomic E-state index is 12.0. The van der Waals surface area contributed by atoms with E-state index in [-0.39, 0.29) is 18.7 Å². The van der Waals surface area contributed by atoms with Crippen molar-refractivity contribution in [3.63, 3.8) is 0 Å². The Balaban J connectivity index is 1.92. The third-order valence-electron chi connectivity index (χ3n) is 3.55. The lowest BCUT2D eigenvalue weighted by molar-refractivity contribution is 0.245. The molecule has 0 spiro atoms. The first-order valence-electron chi connectivity index (χ1n) is 7.95. The third kappa shape index (κ3) is 4.99. The van der Waals surface area contributed by atoms with Crippen molar-refractivity contribution in [2.75, 3.05) is 11.9 Å². The minimum absolute atomic E-state index is 0.0422. The molecule has 0 radical (unpaired) electrons. The molecule has 2 aromatic carbocycles. The van der Waals surface area contributed by atoms with E-state index in [4.69, 9.17) is 9.84 Å². The van der Waals surface area contributed by atoms with Crippen molar-refractivity contribution >= 4 is 11.7 Å². The molecule has 0 aromatic heterocycles. The topological polar surface area (TPSA) is 61.8 Å². The summed E-state index contributed by atoms with van der Waals surface area (Å²) in [5, 5.41) is 11.9. The molecule has 5 heteroatoms. The molecule has 0 aliphatic rings. The molecule has 0 heterocycles. The molecule has 5 nitrogen and oxygen atoms in total. The van der Waals surface area contributed by atoms with Crippen LogP contribution in [0.4, 0.5) is 10.5 Å². The van der Waals surface area contributed by atoms with Crippen molar-refractivity contribution in [2.24, 2.45) is 0 Å². The smallest absolute Gasteiger partial charge is 0.321 e. The van der Waals surface area contributed by atoms with Gasteiger partial charge in [0.2, 0.25) is 0 Å². The molecule has 0 aliphatic heterocycles. The van der Waals surface area contributed by atoms with Gasteiger partial charge in [-0.1, -0.05) is 24.3 Å². The Morgan fingerprint density at radius 2 is 1.67 bits per heavy atom. The summed E-state index contributed by atoms with van der Waals surface area (Å²) in [7, 11) is 1.73. The lowest BCUT2D eigenvalue weighted by atomic mass is 10.1. The van der Waals surface area contributed by atoms with Crippen molar-refractivity contribution < 1.29 is 14.6 Å². The van der Waals surface area contributed by atoms with Gasteiger partial charge in [0.25, 0.3) is 0 Å². The van der Waals surface area contributed by atoms with E-state index < -0.39 is 0 Å². The largest absolute Gasteiger partial charge is 0.489 e. The van der Waals surface area contributed by atoms with Crippen LogP contribution >= 0.6 is 0 Å². The lowest BCUT2D eigenvalue weighted by Crippen LogP contribution is -2.40. The fourth-order valence-corrected chi connectivity index (χ4v) is 2.13. The number of rotatable bonds is 6. The highest BCUT2D eigenvalue weighted by atomic mass is 16.5. The Hall–Kier alpha value is -2.53. The number of aliphatic hydroxyl groups is 1. The molecular weight excluding hydrogens is 304 g/mol. The highest BCUT2D eigenvalue weighted by molar-refractivity contribution is 5.91. The molecule has 0 aliphatic carbocycles. The second kappa shape index (κ2) is 8.36. The third-order valence-corrected chi connectivity index (χ3v) is 3.55. The summed E-state index contributed by atoms with van der Waals surface area (Å²) < 4.78 is 5.74. The summed E-state index contributed by atoms with van der Waals surface area (Å²) in [5.74, 6) is 0.739. The van der Waals surface area contributed by atoms with Gasteiger partial charge in [0, 0.05) is 18.8 Å². The first-order chi connectivity index (χ1) is 11.5. The van der Waals surface area contributed by atoms with E-state index in [0.717, 1.165) is 22.6 Å². The van der Waals surface area contributed by atoms with Crippen LogP contribution < -0.4 is 15.0 Å². The summed E-state index contributed by atoms with van der Waals surface area (Å²) in [4.78, 5) is 13.5. The van der Waals surface area contributed by atoms with Crippen LogP contribution in [-0.2, 0) is 13.2 Å². The summed E-state index contributed by atoms with van der Waals surface area (Å²) >= 11 is 0. The van der Waals surface area contributed by atoms with Crippen LogP contribution in [0.3, 0.4) is 0 Å². The average Bonchev–Trinajstić information content (AvgIpc) is 2.59. The Morgan fingerprint density at radius 1 is 1.08 bits per heavy atom. The predicted molar refractivity (Wildman–Crippen MR) is 95.2 cm³/mol. The number of nitrogens with zero attached hydrogens (tertiary/aromatic N) is 1. The highest BCUT2D eigenvalue weighted by Crippen LogP contribution is 2.19. The van der Waals surface area contributed by atoms with Gasteiger partial charge in [-0.15, -0.1) is 0 Å².